The highest BCUT2D eigenvalue weighted by atomic mass is 19.4. The van der Waals surface area contributed by atoms with Gasteiger partial charge >= 0.3 is 6.18 Å². The molecule has 1 fully saturated rings. The van der Waals surface area contributed by atoms with Crippen LogP contribution < -0.4 is 5.56 Å². The van der Waals surface area contributed by atoms with Crippen molar-refractivity contribution in [2.75, 3.05) is 6.54 Å². The van der Waals surface area contributed by atoms with Crippen LogP contribution in [0.5, 0.6) is 0 Å². The predicted molar refractivity (Wildman–Crippen MR) is 144 cm³/mol. The largest absolute Gasteiger partial charge is 0.416 e. The molecule has 0 unspecified atom stereocenters. The summed E-state index contributed by atoms with van der Waals surface area (Å²) in [5.41, 5.74) is 2.10. The van der Waals surface area contributed by atoms with Crippen molar-refractivity contribution in [3.05, 3.63) is 105 Å². The molecule has 4 aromatic rings. The van der Waals surface area contributed by atoms with E-state index < -0.39 is 29.2 Å². The quantitative estimate of drug-likeness (QED) is 0.377. The molecule has 1 atom stereocenters. The Morgan fingerprint density at radius 3 is 2.61 bits per heavy atom. The van der Waals surface area contributed by atoms with E-state index in [0.717, 1.165) is 47.9 Å². The maximum absolute atomic E-state index is 13.4. The third kappa shape index (κ3) is 4.94. The van der Waals surface area contributed by atoms with Gasteiger partial charge in [-0.15, -0.1) is 0 Å². The van der Waals surface area contributed by atoms with Gasteiger partial charge in [0, 0.05) is 25.4 Å². The Morgan fingerprint density at radius 2 is 1.90 bits per heavy atom. The zero-order valence-corrected chi connectivity index (χ0v) is 22.3. The Morgan fingerprint density at radius 1 is 1.12 bits per heavy atom. The molecule has 2 N–H and O–H groups in total. The molecule has 0 spiro atoms. The molecule has 3 heterocycles. The van der Waals surface area contributed by atoms with E-state index in [1.165, 1.54) is 11.0 Å². The first kappa shape index (κ1) is 26.9. The number of hydrogen-bond donors (Lipinski definition) is 2. The number of carbonyl (C=O) groups is 1. The summed E-state index contributed by atoms with van der Waals surface area (Å²) in [4.78, 5) is 35.7. The fourth-order valence-electron chi connectivity index (χ4n) is 5.66. The zero-order valence-electron chi connectivity index (χ0n) is 22.3. The normalized spacial score (nSPS) is 17.0. The second-order valence-electron chi connectivity index (χ2n) is 10.7. The molecule has 1 aliphatic carbocycles. The SMILES string of the molecule is Cn1nccc1-c1cccc(C2(c3nc4c(c(=O)[nH]3)CN(C(=O)[C@H](O)c3cccc(C(F)(F)F)c3)CCC4)CC2)c1. The molecule has 8 nitrogen and oxygen atoms in total. The Hall–Kier alpha value is -4.25. The molecule has 11 heteroatoms. The van der Waals surface area contributed by atoms with Crippen molar-refractivity contribution in [3.8, 4) is 11.3 Å². The molecule has 2 aromatic carbocycles. The summed E-state index contributed by atoms with van der Waals surface area (Å²) < 4.78 is 41.3. The number of halogens is 3. The fourth-order valence-corrected chi connectivity index (χ4v) is 5.66. The van der Waals surface area contributed by atoms with Crippen molar-refractivity contribution >= 4 is 5.91 Å². The van der Waals surface area contributed by atoms with Crippen molar-refractivity contribution in [2.24, 2.45) is 7.05 Å². The topological polar surface area (TPSA) is 104 Å². The summed E-state index contributed by atoms with van der Waals surface area (Å²) in [6, 6.07) is 14.2. The maximum atomic E-state index is 13.4. The summed E-state index contributed by atoms with van der Waals surface area (Å²) >= 11 is 0. The standard InChI is InChI=1S/C30H28F3N5O3/c1-37-24(10-13-34-37)18-5-2-7-20(15-18)29(11-12-29)28-35-23-9-4-14-38(17-22(23)26(40)36-28)27(41)25(39)19-6-3-8-21(16-19)30(31,32)33/h2-3,5-8,10,13,15-16,25,39H,4,9,11-12,14,17H2,1H3,(H,35,36,40)/t25-/m1/s1. The molecule has 1 aliphatic heterocycles. The van der Waals surface area contributed by atoms with Crippen molar-refractivity contribution in [2.45, 2.75) is 49.9 Å². The molecule has 0 bridgehead atoms. The monoisotopic (exact) mass is 563 g/mol. The van der Waals surface area contributed by atoms with E-state index in [-0.39, 0.29) is 24.2 Å². The molecule has 41 heavy (non-hydrogen) atoms. The third-order valence-electron chi connectivity index (χ3n) is 8.10. The number of aryl methyl sites for hydroxylation is 2. The summed E-state index contributed by atoms with van der Waals surface area (Å²) in [6.07, 6.45) is -2.03. The Labute approximate surface area is 233 Å². The summed E-state index contributed by atoms with van der Waals surface area (Å²) in [6.45, 7) is 0.146. The summed E-state index contributed by atoms with van der Waals surface area (Å²) in [7, 11) is 1.88. The van der Waals surface area contributed by atoms with E-state index in [4.69, 9.17) is 4.98 Å². The van der Waals surface area contributed by atoms with Crippen molar-refractivity contribution in [3.63, 3.8) is 0 Å². The highest BCUT2D eigenvalue weighted by Gasteiger charge is 2.49. The van der Waals surface area contributed by atoms with E-state index >= 15 is 0 Å². The van der Waals surface area contributed by atoms with Crippen LogP contribution in [0.4, 0.5) is 13.2 Å². The van der Waals surface area contributed by atoms with E-state index in [1.54, 1.807) is 10.9 Å². The minimum atomic E-state index is -4.60. The summed E-state index contributed by atoms with van der Waals surface area (Å²) in [5.74, 6) is -0.168. The maximum Gasteiger partial charge on any atom is 0.416 e. The Kier molecular flexibility index (Phi) is 6.56. The zero-order chi connectivity index (χ0) is 28.9. The second kappa shape index (κ2) is 9.99. The van der Waals surface area contributed by atoms with E-state index in [0.29, 0.717) is 29.9 Å². The van der Waals surface area contributed by atoms with Gasteiger partial charge in [-0.1, -0.05) is 30.3 Å². The van der Waals surface area contributed by atoms with Gasteiger partial charge in [0.25, 0.3) is 11.5 Å². The number of aromatic amines is 1. The number of rotatable bonds is 5. The fraction of sp³-hybridized carbons (Fsp3) is 0.333. The third-order valence-corrected chi connectivity index (χ3v) is 8.10. The van der Waals surface area contributed by atoms with Gasteiger partial charge in [0.1, 0.15) is 5.82 Å². The van der Waals surface area contributed by atoms with Crippen molar-refractivity contribution < 1.29 is 23.1 Å². The lowest BCUT2D eigenvalue weighted by Gasteiger charge is -2.24. The minimum Gasteiger partial charge on any atom is -0.378 e. The molecule has 212 valence electrons. The smallest absolute Gasteiger partial charge is 0.378 e. The van der Waals surface area contributed by atoms with Crippen molar-refractivity contribution in [1.82, 2.24) is 24.6 Å². The van der Waals surface area contributed by atoms with Gasteiger partial charge < -0.3 is 15.0 Å². The van der Waals surface area contributed by atoms with Crippen LogP contribution in [0, 0.1) is 0 Å². The predicted octanol–water partition coefficient (Wildman–Crippen LogP) is 4.28. The number of aromatic nitrogens is 4. The van der Waals surface area contributed by atoms with E-state index in [2.05, 4.69) is 16.1 Å². The van der Waals surface area contributed by atoms with Crippen LogP contribution >= 0.6 is 0 Å². The number of hydrogen-bond acceptors (Lipinski definition) is 5. The average Bonchev–Trinajstić information content (AvgIpc) is 3.70. The number of aliphatic hydroxyl groups is 1. The first-order valence-corrected chi connectivity index (χ1v) is 13.4. The Bertz CT molecular complexity index is 1690. The number of alkyl halides is 3. The first-order valence-electron chi connectivity index (χ1n) is 13.4. The van der Waals surface area contributed by atoms with E-state index in [1.807, 2.05) is 31.3 Å². The Balaban J connectivity index is 1.27. The molecule has 0 saturated heterocycles. The lowest BCUT2D eigenvalue weighted by atomic mass is 9.92. The molecule has 2 aliphatic rings. The number of amides is 1. The molecule has 1 saturated carbocycles. The first-order chi connectivity index (χ1) is 19.6. The van der Waals surface area contributed by atoms with Gasteiger partial charge in [-0.2, -0.15) is 18.3 Å². The number of nitrogens with zero attached hydrogens (tertiary/aromatic N) is 4. The van der Waals surface area contributed by atoms with Crippen LogP contribution in [-0.2, 0) is 36.4 Å². The van der Waals surface area contributed by atoms with Gasteiger partial charge in [-0.3, -0.25) is 14.3 Å². The van der Waals surface area contributed by atoms with E-state index in [9.17, 15) is 27.9 Å². The number of aliphatic hydroxyl groups excluding tert-OH is 1. The van der Waals surface area contributed by atoms with Crippen LogP contribution in [0.2, 0.25) is 0 Å². The highest BCUT2D eigenvalue weighted by molar-refractivity contribution is 5.82. The molecule has 1 amide bonds. The number of nitrogens with one attached hydrogen (secondary N) is 1. The second-order valence-corrected chi connectivity index (χ2v) is 10.7. The molecule has 6 rings (SSSR count). The summed E-state index contributed by atoms with van der Waals surface area (Å²) in [5, 5.41) is 14.9. The number of fused-ring (bicyclic) bond motifs is 1. The lowest BCUT2D eigenvalue weighted by Crippen LogP contribution is -2.36. The van der Waals surface area contributed by atoms with Crippen LogP contribution in [0.15, 0.2) is 65.6 Å². The number of carbonyl (C=O) groups excluding carboxylic acids is 1. The van der Waals surface area contributed by atoms with Gasteiger partial charge in [-0.05, 0) is 61.1 Å². The lowest BCUT2D eigenvalue weighted by molar-refractivity contribution is -0.142. The minimum absolute atomic E-state index is 0.0875. The van der Waals surface area contributed by atoms with Crippen molar-refractivity contribution in [1.29, 1.82) is 0 Å². The van der Waals surface area contributed by atoms with Gasteiger partial charge in [0.2, 0.25) is 0 Å². The van der Waals surface area contributed by atoms with Crippen LogP contribution in [-0.4, -0.2) is 42.2 Å². The van der Waals surface area contributed by atoms with Crippen LogP contribution in [0.25, 0.3) is 11.3 Å². The average molecular weight is 564 g/mol. The number of H-pyrrole nitrogens is 1. The molecule has 0 radical (unpaired) electrons. The highest BCUT2D eigenvalue weighted by Crippen LogP contribution is 2.52. The van der Waals surface area contributed by atoms with Crippen LogP contribution in [0.3, 0.4) is 0 Å². The van der Waals surface area contributed by atoms with Crippen LogP contribution in [0.1, 0.15) is 59.1 Å². The van der Waals surface area contributed by atoms with Gasteiger partial charge in [0.05, 0.1) is 34.5 Å². The molecule has 2 aromatic heterocycles. The number of benzene rings is 2. The molecular formula is C30H28F3N5O3. The van der Waals surface area contributed by atoms with Gasteiger partial charge in [0.15, 0.2) is 6.10 Å². The van der Waals surface area contributed by atoms with Gasteiger partial charge in [-0.25, -0.2) is 4.98 Å². The molecular weight excluding hydrogens is 535 g/mol.